The Labute approximate surface area is 98.9 Å². The minimum Gasteiger partial charge on any atom is -0.358 e. The standard InChI is InChI=1S/C12H13N3O2/c1-9-3-4-10(2)11(5-9)6-14-7-12(13-8-14)15(16)17/h3-5,7-8H,6H2,1-2H3. The van der Waals surface area contributed by atoms with Gasteiger partial charge in [0.1, 0.15) is 6.20 Å². The third-order valence-electron chi connectivity index (χ3n) is 2.66. The van der Waals surface area contributed by atoms with Crippen molar-refractivity contribution in [2.45, 2.75) is 20.4 Å². The van der Waals surface area contributed by atoms with E-state index in [1.165, 1.54) is 23.7 Å². The predicted octanol–water partition coefficient (Wildman–Crippen LogP) is 2.46. The van der Waals surface area contributed by atoms with E-state index in [9.17, 15) is 10.1 Å². The van der Waals surface area contributed by atoms with Crippen molar-refractivity contribution < 1.29 is 4.92 Å². The summed E-state index contributed by atoms with van der Waals surface area (Å²) in [7, 11) is 0. The van der Waals surface area contributed by atoms with E-state index >= 15 is 0 Å². The molecule has 1 aromatic carbocycles. The van der Waals surface area contributed by atoms with Crippen LogP contribution >= 0.6 is 0 Å². The highest BCUT2D eigenvalue weighted by Gasteiger charge is 2.10. The summed E-state index contributed by atoms with van der Waals surface area (Å²) < 4.78 is 1.72. The molecule has 1 heterocycles. The van der Waals surface area contributed by atoms with Crippen molar-refractivity contribution in [2.24, 2.45) is 0 Å². The summed E-state index contributed by atoms with van der Waals surface area (Å²) in [5.41, 5.74) is 3.50. The number of aryl methyl sites for hydroxylation is 2. The number of aromatic nitrogens is 2. The lowest BCUT2D eigenvalue weighted by atomic mass is 10.1. The Morgan fingerprint density at radius 3 is 2.82 bits per heavy atom. The van der Waals surface area contributed by atoms with Crippen LogP contribution in [-0.2, 0) is 6.54 Å². The van der Waals surface area contributed by atoms with E-state index in [2.05, 4.69) is 23.2 Å². The molecule has 0 saturated heterocycles. The van der Waals surface area contributed by atoms with Crippen LogP contribution in [0.25, 0.3) is 0 Å². The zero-order chi connectivity index (χ0) is 12.4. The van der Waals surface area contributed by atoms with E-state index in [-0.39, 0.29) is 5.82 Å². The van der Waals surface area contributed by atoms with Gasteiger partial charge in [-0.15, -0.1) is 0 Å². The molecule has 1 aromatic heterocycles. The Balaban J connectivity index is 2.25. The van der Waals surface area contributed by atoms with Crippen molar-refractivity contribution in [2.75, 3.05) is 0 Å². The molecular weight excluding hydrogens is 218 g/mol. The van der Waals surface area contributed by atoms with Crippen LogP contribution in [0.3, 0.4) is 0 Å². The minimum atomic E-state index is -0.487. The fraction of sp³-hybridized carbons (Fsp3) is 0.250. The van der Waals surface area contributed by atoms with Gasteiger partial charge in [0.15, 0.2) is 0 Å². The Bertz CT molecular complexity index is 561. The maximum absolute atomic E-state index is 10.5. The van der Waals surface area contributed by atoms with Gasteiger partial charge >= 0.3 is 5.82 Å². The maximum atomic E-state index is 10.5. The largest absolute Gasteiger partial charge is 0.381 e. The van der Waals surface area contributed by atoms with E-state index in [1.807, 2.05) is 13.8 Å². The summed E-state index contributed by atoms with van der Waals surface area (Å²) in [5, 5.41) is 10.5. The smallest absolute Gasteiger partial charge is 0.358 e. The second-order valence-corrected chi connectivity index (χ2v) is 4.09. The molecule has 2 aromatic rings. The van der Waals surface area contributed by atoms with E-state index < -0.39 is 4.92 Å². The van der Waals surface area contributed by atoms with Gasteiger partial charge in [0, 0.05) is 0 Å². The van der Waals surface area contributed by atoms with E-state index in [0.717, 1.165) is 5.56 Å². The van der Waals surface area contributed by atoms with Gasteiger partial charge in [0.25, 0.3) is 0 Å². The summed E-state index contributed by atoms with van der Waals surface area (Å²) in [6.07, 6.45) is 2.93. The van der Waals surface area contributed by atoms with Gasteiger partial charge in [0.2, 0.25) is 6.33 Å². The average molecular weight is 231 g/mol. The quantitative estimate of drug-likeness (QED) is 0.602. The molecule has 0 aliphatic heterocycles. The van der Waals surface area contributed by atoms with Crippen molar-refractivity contribution in [3.63, 3.8) is 0 Å². The highest BCUT2D eigenvalue weighted by Crippen LogP contribution is 2.14. The number of imidazole rings is 1. The van der Waals surface area contributed by atoms with Gasteiger partial charge < -0.3 is 14.7 Å². The fourth-order valence-corrected chi connectivity index (χ4v) is 1.70. The number of nitro groups is 1. The fourth-order valence-electron chi connectivity index (χ4n) is 1.70. The predicted molar refractivity (Wildman–Crippen MR) is 63.9 cm³/mol. The molecular formula is C12H13N3O2. The third kappa shape index (κ3) is 2.50. The zero-order valence-electron chi connectivity index (χ0n) is 9.75. The lowest BCUT2D eigenvalue weighted by molar-refractivity contribution is -0.389. The molecule has 0 N–H and O–H groups in total. The van der Waals surface area contributed by atoms with Gasteiger partial charge in [0.05, 0.1) is 6.54 Å². The van der Waals surface area contributed by atoms with Crippen molar-refractivity contribution in [3.05, 3.63) is 57.5 Å². The molecule has 0 radical (unpaired) electrons. The maximum Gasteiger partial charge on any atom is 0.381 e. The first-order valence-corrected chi connectivity index (χ1v) is 5.28. The van der Waals surface area contributed by atoms with Crippen LogP contribution in [0.4, 0.5) is 5.82 Å². The number of benzene rings is 1. The molecule has 0 aliphatic rings. The van der Waals surface area contributed by atoms with Crippen LogP contribution in [0.5, 0.6) is 0 Å². The first-order valence-electron chi connectivity index (χ1n) is 5.28. The summed E-state index contributed by atoms with van der Waals surface area (Å²) in [5.74, 6) is -0.115. The van der Waals surface area contributed by atoms with Crippen LogP contribution in [0.1, 0.15) is 16.7 Å². The molecule has 0 spiro atoms. The van der Waals surface area contributed by atoms with Crippen molar-refractivity contribution in [1.29, 1.82) is 0 Å². The molecule has 17 heavy (non-hydrogen) atoms. The third-order valence-corrected chi connectivity index (χ3v) is 2.66. The average Bonchev–Trinajstić information content (AvgIpc) is 2.72. The van der Waals surface area contributed by atoms with Crippen LogP contribution in [0.15, 0.2) is 30.7 Å². The Kier molecular flexibility index (Phi) is 2.91. The lowest BCUT2D eigenvalue weighted by Crippen LogP contribution is -1.99. The van der Waals surface area contributed by atoms with Crippen LogP contribution in [0, 0.1) is 24.0 Å². The minimum absolute atomic E-state index is 0.115. The molecule has 2 rings (SSSR count). The van der Waals surface area contributed by atoms with E-state index in [1.54, 1.807) is 4.57 Å². The first-order chi connectivity index (χ1) is 8.06. The van der Waals surface area contributed by atoms with E-state index in [4.69, 9.17) is 0 Å². The van der Waals surface area contributed by atoms with Crippen molar-refractivity contribution >= 4 is 5.82 Å². The van der Waals surface area contributed by atoms with Gasteiger partial charge in [-0.3, -0.25) is 0 Å². The van der Waals surface area contributed by atoms with Gasteiger partial charge in [-0.25, -0.2) is 0 Å². The second kappa shape index (κ2) is 4.37. The summed E-state index contributed by atoms with van der Waals surface area (Å²) >= 11 is 0. The highest BCUT2D eigenvalue weighted by atomic mass is 16.6. The zero-order valence-corrected chi connectivity index (χ0v) is 9.75. The normalized spacial score (nSPS) is 10.5. The molecule has 0 fully saturated rings. The monoisotopic (exact) mass is 231 g/mol. The number of rotatable bonds is 3. The molecule has 0 bridgehead atoms. The number of nitrogens with zero attached hydrogens (tertiary/aromatic N) is 3. The summed E-state index contributed by atoms with van der Waals surface area (Å²) in [4.78, 5) is 13.8. The lowest BCUT2D eigenvalue weighted by Gasteiger charge is -2.06. The first kappa shape index (κ1) is 11.3. The number of hydrogen-bond acceptors (Lipinski definition) is 3. The van der Waals surface area contributed by atoms with Gasteiger partial charge in [-0.05, 0) is 34.9 Å². The topological polar surface area (TPSA) is 61.0 Å². The van der Waals surface area contributed by atoms with Crippen LogP contribution < -0.4 is 0 Å². The van der Waals surface area contributed by atoms with E-state index in [0.29, 0.717) is 6.54 Å². The van der Waals surface area contributed by atoms with Gasteiger partial charge in [-0.1, -0.05) is 23.8 Å². The SMILES string of the molecule is Cc1ccc(C)c(Cn2cnc([N+](=O)[O-])c2)c1. The summed E-state index contributed by atoms with van der Waals surface area (Å²) in [6.45, 7) is 4.66. The second-order valence-electron chi connectivity index (χ2n) is 4.09. The molecule has 0 saturated carbocycles. The Hall–Kier alpha value is -2.17. The van der Waals surface area contributed by atoms with Crippen molar-refractivity contribution in [1.82, 2.24) is 9.55 Å². The molecule has 5 heteroatoms. The molecule has 88 valence electrons. The van der Waals surface area contributed by atoms with Crippen molar-refractivity contribution in [3.8, 4) is 0 Å². The summed E-state index contributed by atoms with van der Waals surface area (Å²) in [6, 6.07) is 6.19. The molecule has 0 unspecified atom stereocenters. The highest BCUT2D eigenvalue weighted by molar-refractivity contribution is 5.31. The van der Waals surface area contributed by atoms with Crippen LogP contribution in [0.2, 0.25) is 0 Å². The molecule has 0 amide bonds. The Morgan fingerprint density at radius 1 is 1.41 bits per heavy atom. The van der Waals surface area contributed by atoms with Gasteiger partial charge in [-0.2, -0.15) is 0 Å². The van der Waals surface area contributed by atoms with Crippen LogP contribution in [-0.4, -0.2) is 14.5 Å². The number of hydrogen-bond donors (Lipinski definition) is 0. The molecule has 0 atom stereocenters. The Morgan fingerprint density at radius 2 is 2.18 bits per heavy atom. The molecule has 5 nitrogen and oxygen atoms in total. The molecule has 0 aliphatic carbocycles.